The maximum atomic E-state index is 11.1. The predicted molar refractivity (Wildman–Crippen MR) is 109 cm³/mol. The molecule has 1 aromatic carbocycles. The Morgan fingerprint density at radius 3 is 2.85 bits per heavy atom. The predicted octanol–water partition coefficient (Wildman–Crippen LogP) is 3.15. The lowest BCUT2D eigenvalue weighted by Crippen LogP contribution is -2.28. The van der Waals surface area contributed by atoms with Crippen LogP contribution < -0.4 is 5.32 Å². The van der Waals surface area contributed by atoms with Crippen LogP contribution in [0.15, 0.2) is 47.2 Å². The van der Waals surface area contributed by atoms with Crippen molar-refractivity contribution in [2.45, 2.75) is 18.9 Å². The minimum absolute atomic E-state index is 0.376. The van der Waals surface area contributed by atoms with Gasteiger partial charge in [0, 0.05) is 36.2 Å². The number of esters is 1. The molecule has 2 aromatic rings. The van der Waals surface area contributed by atoms with Crippen molar-refractivity contribution >= 4 is 33.8 Å². The molecule has 2 heterocycles. The number of hydrogen-bond acceptors (Lipinski definition) is 6. The van der Waals surface area contributed by atoms with E-state index >= 15 is 0 Å². The van der Waals surface area contributed by atoms with Crippen molar-refractivity contribution in [2.24, 2.45) is 0 Å². The van der Waals surface area contributed by atoms with Gasteiger partial charge in [-0.05, 0) is 36.6 Å². The van der Waals surface area contributed by atoms with Gasteiger partial charge in [0.1, 0.15) is 5.82 Å². The number of carbonyl (C=O) groups excluding carboxylic acids is 1. The lowest BCUT2D eigenvalue weighted by Gasteiger charge is -2.17. The van der Waals surface area contributed by atoms with Gasteiger partial charge >= 0.3 is 5.97 Å². The number of nitrogens with one attached hydrogen (secondary N) is 1. The van der Waals surface area contributed by atoms with Crippen LogP contribution in [0.3, 0.4) is 0 Å². The fourth-order valence-corrected chi connectivity index (χ4v) is 3.29. The van der Waals surface area contributed by atoms with E-state index in [-0.39, 0.29) is 0 Å². The number of ether oxygens (including phenoxy) is 1. The summed E-state index contributed by atoms with van der Waals surface area (Å²) in [7, 11) is 1.34. The first-order valence-corrected chi connectivity index (χ1v) is 9.73. The molecule has 0 radical (unpaired) electrons. The topological polar surface area (TPSA) is 67.3 Å². The summed E-state index contributed by atoms with van der Waals surface area (Å²) in [6, 6.07) is 8.89. The molecule has 7 heteroatoms. The van der Waals surface area contributed by atoms with Crippen LogP contribution in [-0.2, 0) is 16.0 Å². The number of methoxy groups -OCH3 is 1. The van der Waals surface area contributed by atoms with E-state index in [0.29, 0.717) is 11.7 Å². The highest BCUT2D eigenvalue weighted by Gasteiger charge is 2.22. The van der Waals surface area contributed by atoms with Crippen molar-refractivity contribution in [2.75, 3.05) is 32.1 Å². The highest BCUT2D eigenvalue weighted by Crippen LogP contribution is 2.16. The van der Waals surface area contributed by atoms with E-state index in [2.05, 4.69) is 65.1 Å². The van der Waals surface area contributed by atoms with E-state index in [1.807, 2.05) is 0 Å². The zero-order valence-electron chi connectivity index (χ0n) is 15.3. The van der Waals surface area contributed by atoms with E-state index in [4.69, 9.17) is 0 Å². The maximum Gasteiger partial charge on any atom is 0.330 e. The molecule has 1 atom stereocenters. The molecule has 1 N–H and O–H groups in total. The van der Waals surface area contributed by atoms with Gasteiger partial charge in [-0.25, -0.2) is 9.78 Å². The molecular formula is C20H23BrN4O2. The molecule has 3 rings (SSSR count). The molecule has 1 saturated heterocycles. The maximum absolute atomic E-state index is 11.1. The summed E-state index contributed by atoms with van der Waals surface area (Å²) in [6.45, 7) is 3.15. The van der Waals surface area contributed by atoms with E-state index in [9.17, 15) is 4.79 Å². The first-order chi connectivity index (χ1) is 13.1. The summed E-state index contributed by atoms with van der Waals surface area (Å²) in [5.74, 6) is 0.346. The summed E-state index contributed by atoms with van der Waals surface area (Å²) in [5.41, 5.74) is 1.98. The zero-order valence-corrected chi connectivity index (χ0v) is 16.9. The van der Waals surface area contributed by atoms with Crippen molar-refractivity contribution in [3.8, 4) is 0 Å². The molecule has 6 nitrogen and oxygen atoms in total. The molecule has 0 unspecified atom stereocenters. The Bertz CT molecular complexity index is 778. The average molecular weight is 431 g/mol. The second-order valence-corrected chi connectivity index (χ2v) is 7.41. The molecule has 142 valence electrons. The fraction of sp³-hybridized carbons (Fsp3) is 0.350. The Hall–Kier alpha value is -2.25. The Labute approximate surface area is 167 Å². The van der Waals surface area contributed by atoms with Gasteiger partial charge < -0.3 is 15.0 Å². The van der Waals surface area contributed by atoms with E-state index in [1.165, 1.54) is 18.7 Å². The fourth-order valence-electron chi connectivity index (χ4n) is 3.02. The Morgan fingerprint density at radius 1 is 1.33 bits per heavy atom. The molecule has 0 spiro atoms. The van der Waals surface area contributed by atoms with Gasteiger partial charge in [0.15, 0.2) is 0 Å². The van der Waals surface area contributed by atoms with Crippen LogP contribution >= 0.6 is 15.9 Å². The highest BCUT2D eigenvalue weighted by molar-refractivity contribution is 9.10. The van der Waals surface area contributed by atoms with Crippen molar-refractivity contribution in [1.82, 2.24) is 14.9 Å². The van der Waals surface area contributed by atoms with Gasteiger partial charge in [0.25, 0.3) is 0 Å². The number of nitrogens with zero attached hydrogens (tertiary/aromatic N) is 3. The minimum Gasteiger partial charge on any atom is -0.466 e. The third kappa shape index (κ3) is 6.15. The summed E-state index contributed by atoms with van der Waals surface area (Å²) < 4.78 is 5.67. The summed E-state index contributed by atoms with van der Waals surface area (Å²) in [6.07, 6.45) is 8.40. The minimum atomic E-state index is -0.409. The molecule has 0 saturated carbocycles. The molecule has 1 aliphatic heterocycles. The lowest BCUT2D eigenvalue weighted by atomic mass is 10.1. The number of benzene rings is 1. The standard InChI is InChI=1S/C20H23BrN4O2/c1-27-20(26)7-6-17-12-23-19(13-22-17)24-18-9-11-25(14-18)10-8-15-2-4-16(21)5-3-15/h2-7,12-13,18H,8-11,14H2,1H3,(H,23,24)/b7-6+/t18-/m1/s1. The second-order valence-electron chi connectivity index (χ2n) is 6.49. The van der Waals surface area contributed by atoms with Gasteiger partial charge in [0.2, 0.25) is 0 Å². The van der Waals surface area contributed by atoms with Gasteiger partial charge in [-0.15, -0.1) is 0 Å². The van der Waals surface area contributed by atoms with Crippen LogP contribution in [0.25, 0.3) is 6.08 Å². The van der Waals surface area contributed by atoms with Gasteiger partial charge in [-0.1, -0.05) is 28.1 Å². The van der Waals surface area contributed by atoms with Gasteiger partial charge in [0.05, 0.1) is 25.2 Å². The molecule has 0 amide bonds. The SMILES string of the molecule is COC(=O)/C=C/c1cnc(N[C@@H]2CCN(CCc3ccc(Br)cc3)C2)cn1. The van der Waals surface area contributed by atoms with E-state index in [1.54, 1.807) is 18.5 Å². The van der Waals surface area contributed by atoms with Gasteiger partial charge in [-0.2, -0.15) is 0 Å². The number of hydrogen-bond donors (Lipinski definition) is 1. The first kappa shape index (κ1) is 19.5. The number of likely N-dealkylation sites (tertiary alicyclic amines) is 1. The highest BCUT2D eigenvalue weighted by atomic mass is 79.9. The quantitative estimate of drug-likeness (QED) is 0.537. The number of aromatic nitrogens is 2. The van der Waals surface area contributed by atoms with Crippen molar-refractivity contribution in [3.63, 3.8) is 0 Å². The van der Waals surface area contributed by atoms with Crippen molar-refractivity contribution < 1.29 is 9.53 Å². The number of rotatable bonds is 7. The molecule has 1 fully saturated rings. The average Bonchev–Trinajstić information content (AvgIpc) is 3.14. The summed E-state index contributed by atoms with van der Waals surface area (Å²) in [4.78, 5) is 22.2. The summed E-state index contributed by atoms with van der Waals surface area (Å²) in [5, 5.41) is 3.44. The third-order valence-corrected chi connectivity index (χ3v) is 5.05. The van der Waals surface area contributed by atoms with Crippen LogP contribution in [0.2, 0.25) is 0 Å². The van der Waals surface area contributed by atoms with Gasteiger partial charge in [-0.3, -0.25) is 4.98 Å². The Kier molecular flexibility index (Phi) is 6.95. The molecule has 0 aliphatic carbocycles. The van der Waals surface area contributed by atoms with Crippen LogP contribution in [0.4, 0.5) is 5.82 Å². The molecule has 27 heavy (non-hydrogen) atoms. The number of anilines is 1. The Morgan fingerprint density at radius 2 is 2.15 bits per heavy atom. The van der Waals surface area contributed by atoms with Crippen LogP contribution in [0.5, 0.6) is 0 Å². The Balaban J connectivity index is 1.44. The second kappa shape index (κ2) is 9.62. The lowest BCUT2D eigenvalue weighted by molar-refractivity contribution is -0.134. The smallest absolute Gasteiger partial charge is 0.330 e. The number of halogens is 1. The van der Waals surface area contributed by atoms with E-state index < -0.39 is 5.97 Å². The van der Waals surface area contributed by atoms with Crippen LogP contribution in [0.1, 0.15) is 17.7 Å². The van der Waals surface area contributed by atoms with Crippen molar-refractivity contribution in [1.29, 1.82) is 0 Å². The molecular weight excluding hydrogens is 408 g/mol. The number of carbonyl (C=O) groups is 1. The normalized spacial score (nSPS) is 17.3. The molecule has 0 bridgehead atoms. The third-order valence-electron chi connectivity index (χ3n) is 4.52. The molecule has 1 aliphatic rings. The first-order valence-electron chi connectivity index (χ1n) is 8.94. The largest absolute Gasteiger partial charge is 0.466 e. The van der Waals surface area contributed by atoms with Crippen LogP contribution in [-0.4, -0.2) is 53.6 Å². The zero-order chi connectivity index (χ0) is 19.1. The molecule has 1 aromatic heterocycles. The van der Waals surface area contributed by atoms with E-state index in [0.717, 1.165) is 42.8 Å². The van der Waals surface area contributed by atoms with Crippen LogP contribution in [0, 0.1) is 0 Å². The summed E-state index contributed by atoms with van der Waals surface area (Å²) >= 11 is 3.47. The monoisotopic (exact) mass is 430 g/mol. The van der Waals surface area contributed by atoms with Crippen molar-refractivity contribution in [3.05, 3.63) is 58.5 Å².